The summed E-state index contributed by atoms with van der Waals surface area (Å²) in [4.78, 5) is 21.8. The number of likely N-dealkylation sites (N-methyl/N-ethyl adjacent to an activating group) is 1. The van der Waals surface area contributed by atoms with Crippen molar-refractivity contribution < 1.29 is 19.2 Å². The van der Waals surface area contributed by atoms with E-state index in [1.807, 2.05) is 27.9 Å². The zero-order chi connectivity index (χ0) is 13.0. The van der Waals surface area contributed by atoms with Crippen LogP contribution in [0.4, 0.5) is 0 Å². The first-order valence-electron chi connectivity index (χ1n) is 5.06. The summed E-state index contributed by atoms with van der Waals surface area (Å²) in [6.45, 7) is 7.64. The van der Waals surface area contributed by atoms with E-state index < -0.39 is 11.5 Å². The summed E-state index contributed by atoms with van der Waals surface area (Å²) in [7, 11) is 3.63. The third-order valence-corrected chi connectivity index (χ3v) is 2.03. The number of carboxylic acid groups (broad SMARTS) is 1. The van der Waals surface area contributed by atoms with E-state index in [1.54, 1.807) is 0 Å². The van der Waals surface area contributed by atoms with Crippen LogP contribution in [0.3, 0.4) is 0 Å². The fourth-order valence-electron chi connectivity index (χ4n) is 1.92. The number of rotatable bonds is 6. The van der Waals surface area contributed by atoms with Gasteiger partial charge in [-0.1, -0.05) is 6.58 Å². The van der Waals surface area contributed by atoms with Crippen LogP contribution in [0, 0.1) is 0 Å². The molecule has 0 unspecified atom stereocenters. The van der Waals surface area contributed by atoms with Crippen LogP contribution in [-0.2, 0) is 9.59 Å². The van der Waals surface area contributed by atoms with Gasteiger partial charge in [-0.3, -0.25) is 4.79 Å². The summed E-state index contributed by atoms with van der Waals surface area (Å²) in [5.41, 5.74) is -0.468. The predicted molar refractivity (Wildman–Crippen MR) is 61.9 cm³/mol. The molecule has 0 fully saturated rings. The Morgan fingerprint density at radius 1 is 1.44 bits per heavy atom. The van der Waals surface area contributed by atoms with Crippen LogP contribution in [0.1, 0.15) is 13.8 Å². The lowest BCUT2D eigenvalue weighted by Crippen LogP contribution is -2.58. The first-order valence-corrected chi connectivity index (χ1v) is 5.06. The number of aliphatic carboxylic acids is 1. The van der Waals surface area contributed by atoms with Crippen molar-refractivity contribution >= 4 is 11.9 Å². The fourth-order valence-corrected chi connectivity index (χ4v) is 1.92. The van der Waals surface area contributed by atoms with Crippen LogP contribution >= 0.6 is 0 Å². The molecule has 5 heteroatoms. The number of hydrogen-bond acceptors (Lipinski definition) is 2. The molecule has 0 aromatic rings. The van der Waals surface area contributed by atoms with Crippen molar-refractivity contribution in [2.75, 3.05) is 27.2 Å². The van der Waals surface area contributed by atoms with Crippen molar-refractivity contribution in [2.24, 2.45) is 0 Å². The molecule has 0 bridgehead atoms. The summed E-state index contributed by atoms with van der Waals surface area (Å²) in [5.74, 6) is -1.10. The summed E-state index contributed by atoms with van der Waals surface area (Å²) in [6, 6.07) is 0. The molecular formula is C11H21N2O3+. The molecule has 0 aliphatic heterocycles. The molecule has 2 N–H and O–H groups in total. The molecule has 0 aromatic carbocycles. The van der Waals surface area contributed by atoms with Gasteiger partial charge in [0.15, 0.2) is 6.54 Å². The van der Waals surface area contributed by atoms with Crippen molar-refractivity contribution in [2.45, 2.75) is 19.4 Å². The number of hydrogen-bond donors (Lipinski definition) is 2. The van der Waals surface area contributed by atoms with Gasteiger partial charge in [-0.25, -0.2) is 4.79 Å². The lowest BCUT2D eigenvalue weighted by atomic mass is 10.0. The number of nitrogens with zero attached hydrogens (tertiary/aromatic N) is 1. The van der Waals surface area contributed by atoms with Gasteiger partial charge >= 0.3 is 5.97 Å². The van der Waals surface area contributed by atoms with E-state index in [1.165, 1.54) is 6.08 Å². The molecule has 0 rings (SSSR count). The Balaban J connectivity index is 4.49. The topological polar surface area (TPSA) is 66.4 Å². The van der Waals surface area contributed by atoms with E-state index >= 15 is 0 Å². The van der Waals surface area contributed by atoms with E-state index in [0.29, 0.717) is 11.0 Å². The number of carbonyl (C=O) groups excluding carboxylic acids is 1. The monoisotopic (exact) mass is 229 g/mol. The quantitative estimate of drug-likeness (QED) is 0.506. The predicted octanol–water partition coefficient (Wildman–Crippen LogP) is 0.228. The van der Waals surface area contributed by atoms with Gasteiger partial charge in [0, 0.05) is 0 Å². The minimum absolute atomic E-state index is 0.0212. The highest BCUT2D eigenvalue weighted by atomic mass is 16.4. The van der Waals surface area contributed by atoms with Crippen LogP contribution in [0.2, 0.25) is 0 Å². The van der Waals surface area contributed by atoms with Gasteiger partial charge in [-0.15, -0.1) is 0 Å². The molecule has 5 nitrogen and oxygen atoms in total. The van der Waals surface area contributed by atoms with Crippen molar-refractivity contribution in [3.05, 3.63) is 12.7 Å². The number of carbonyl (C=O) groups is 2. The summed E-state index contributed by atoms with van der Waals surface area (Å²) in [6.07, 6.45) is 1.21. The smallest absolute Gasteiger partial charge is 0.359 e. The Hall–Kier alpha value is -1.36. The molecule has 0 aromatic heterocycles. The molecule has 0 saturated heterocycles. The Morgan fingerprint density at radius 2 is 1.94 bits per heavy atom. The minimum Gasteiger partial charge on any atom is -0.477 e. The van der Waals surface area contributed by atoms with Crippen molar-refractivity contribution in [1.29, 1.82) is 0 Å². The zero-order valence-electron chi connectivity index (χ0n) is 10.4. The van der Waals surface area contributed by atoms with Crippen LogP contribution < -0.4 is 5.32 Å². The maximum atomic E-state index is 11.2. The number of amides is 1. The maximum Gasteiger partial charge on any atom is 0.359 e. The SMILES string of the molecule is C=CC(=O)NC(C)(C)C[N+](C)(C)CC(=O)O. The fraction of sp³-hybridized carbons (Fsp3) is 0.636. The molecule has 0 atom stereocenters. The molecule has 0 radical (unpaired) electrons. The molecule has 92 valence electrons. The van der Waals surface area contributed by atoms with Crippen LogP contribution in [0.5, 0.6) is 0 Å². The van der Waals surface area contributed by atoms with Gasteiger partial charge in [0.05, 0.1) is 19.6 Å². The van der Waals surface area contributed by atoms with E-state index in [2.05, 4.69) is 11.9 Å². The summed E-state index contributed by atoms with van der Waals surface area (Å²) >= 11 is 0. The highest BCUT2D eigenvalue weighted by Gasteiger charge is 2.31. The van der Waals surface area contributed by atoms with Gasteiger partial charge in [-0.2, -0.15) is 0 Å². The summed E-state index contributed by atoms with van der Waals surface area (Å²) in [5, 5.41) is 11.5. The average molecular weight is 229 g/mol. The third-order valence-electron chi connectivity index (χ3n) is 2.03. The standard InChI is InChI=1S/C11H20N2O3/c1-6-9(14)12-11(2,3)8-13(4,5)7-10(15)16/h6H,1,7-8H2,2-5H3,(H-,12,14,15,16)/p+1. The van der Waals surface area contributed by atoms with Gasteiger partial charge in [0.1, 0.15) is 6.54 Å². The van der Waals surface area contributed by atoms with E-state index in [4.69, 9.17) is 5.11 Å². The average Bonchev–Trinajstić information content (AvgIpc) is 1.97. The van der Waals surface area contributed by atoms with Gasteiger partial charge in [0.2, 0.25) is 5.91 Å². The van der Waals surface area contributed by atoms with Crippen LogP contribution in [0.25, 0.3) is 0 Å². The van der Waals surface area contributed by atoms with Gasteiger partial charge in [-0.05, 0) is 19.9 Å². The Bertz CT molecular complexity index is 296. The van der Waals surface area contributed by atoms with Crippen molar-refractivity contribution in [1.82, 2.24) is 5.32 Å². The lowest BCUT2D eigenvalue weighted by Gasteiger charge is -2.36. The molecule has 0 spiro atoms. The van der Waals surface area contributed by atoms with Crippen LogP contribution in [0.15, 0.2) is 12.7 Å². The number of carboxylic acids is 1. The van der Waals surface area contributed by atoms with E-state index in [0.717, 1.165) is 0 Å². The highest BCUT2D eigenvalue weighted by Crippen LogP contribution is 2.09. The molecule has 0 saturated carbocycles. The largest absolute Gasteiger partial charge is 0.477 e. The molecule has 0 aliphatic carbocycles. The third kappa shape index (κ3) is 6.19. The molecule has 0 heterocycles. The van der Waals surface area contributed by atoms with E-state index in [9.17, 15) is 9.59 Å². The lowest BCUT2D eigenvalue weighted by molar-refractivity contribution is -0.886. The second-order valence-electron chi connectivity index (χ2n) is 5.22. The molecular weight excluding hydrogens is 208 g/mol. The summed E-state index contributed by atoms with van der Waals surface area (Å²) < 4.78 is 0.305. The van der Waals surface area contributed by atoms with Crippen LogP contribution in [-0.4, -0.2) is 54.2 Å². The Labute approximate surface area is 96.3 Å². The van der Waals surface area contributed by atoms with E-state index in [-0.39, 0.29) is 12.5 Å². The highest BCUT2D eigenvalue weighted by molar-refractivity contribution is 5.87. The Morgan fingerprint density at radius 3 is 2.31 bits per heavy atom. The second kappa shape index (κ2) is 5.12. The Kier molecular flexibility index (Phi) is 4.68. The van der Waals surface area contributed by atoms with Gasteiger partial charge in [0.25, 0.3) is 0 Å². The normalized spacial score (nSPS) is 12.0. The first kappa shape index (κ1) is 14.6. The molecule has 1 amide bonds. The molecule has 0 aliphatic rings. The molecule has 16 heavy (non-hydrogen) atoms. The van der Waals surface area contributed by atoms with Gasteiger partial charge < -0.3 is 14.9 Å². The number of quaternary nitrogens is 1. The minimum atomic E-state index is -0.851. The maximum absolute atomic E-state index is 11.2. The van der Waals surface area contributed by atoms with Crippen molar-refractivity contribution in [3.8, 4) is 0 Å². The first-order chi connectivity index (χ1) is 7.08. The number of nitrogens with one attached hydrogen (secondary N) is 1. The second-order valence-corrected chi connectivity index (χ2v) is 5.22. The van der Waals surface area contributed by atoms with Crippen molar-refractivity contribution in [3.63, 3.8) is 0 Å². The zero-order valence-corrected chi connectivity index (χ0v) is 10.4.